The van der Waals surface area contributed by atoms with Gasteiger partial charge in [-0.2, -0.15) is 5.10 Å². The van der Waals surface area contributed by atoms with Gasteiger partial charge < -0.3 is 9.47 Å². The molecular weight excluding hydrogens is 590 g/mol. The number of carbonyl (C=O) groups is 1. The van der Waals surface area contributed by atoms with E-state index in [1.165, 1.54) is 42.7 Å². The monoisotopic (exact) mass is 609 g/mol. The first kappa shape index (κ1) is 27.7. The minimum Gasteiger partial charge on any atom is -0.493 e. The molecule has 42 heavy (non-hydrogen) atoms. The van der Waals surface area contributed by atoms with E-state index < -0.39 is 40.1 Å². The number of methoxy groups -OCH3 is 1. The predicted octanol–water partition coefficient (Wildman–Crippen LogP) is 7.69. The lowest BCUT2D eigenvalue weighted by atomic mass is 10.1. The van der Waals surface area contributed by atoms with E-state index in [-0.39, 0.29) is 17.4 Å². The molecule has 1 atom stereocenters. The summed E-state index contributed by atoms with van der Waals surface area (Å²) in [4.78, 5) is 18.2. The smallest absolute Gasteiger partial charge is 0.281 e. The highest BCUT2D eigenvalue weighted by Gasteiger charge is 2.39. The van der Waals surface area contributed by atoms with Crippen molar-refractivity contribution in [1.29, 1.82) is 0 Å². The molecule has 6 rings (SSSR count). The molecule has 6 nitrogen and oxygen atoms in total. The van der Waals surface area contributed by atoms with Crippen molar-refractivity contribution < 1.29 is 31.8 Å². The molecule has 1 unspecified atom stereocenters. The molecule has 0 saturated heterocycles. The summed E-state index contributed by atoms with van der Waals surface area (Å²) in [6, 6.07) is 18.9. The average Bonchev–Trinajstić information content (AvgIpc) is 3.60. The van der Waals surface area contributed by atoms with Crippen LogP contribution in [-0.4, -0.2) is 28.1 Å². The third-order valence-electron chi connectivity index (χ3n) is 6.34. The molecule has 0 bridgehead atoms. The second kappa shape index (κ2) is 11.5. The van der Waals surface area contributed by atoms with Crippen LogP contribution in [0.2, 0.25) is 0 Å². The summed E-state index contributed by atoms with van der Waals surface area (Å²) in [5, 5.41) is 5.28. The number of thioether (sulfide) groups is 1. The van der Waals surface area contributed by atoms with Crippen molar-refractivity contribution in [2.45, 2.75) is 12.0 Å². The van der Waals surface area contributed by atoms with Gasteiger partial charge in [0.2, 0.25) is 0 Å². The van der Waals surface area contributed by atoms with Gasteiger partial charge in [0, 0.05) is 23.3 Å². The Morgan fingerprint density at radius 1 is 0.929 bits per heavy atom. The molecule has 0 spiro atoms. The molecule has 0 N–H and O–H groups in total. The third-order valence-corrected chi connectivity index (χ3v) is 8.56. The first-order valence-electron chi connectivity index (χ1n) is 12.5. The van der Waals surface area contributed by atoms with Gasteiger partial charge in [0.25, 0.3) is 5.91 Å². The van der Waals surface area contributed by atoms with Gasteiger partial charge in [-0.05, 0) is 42.5 Å². The van der Waals surface area contributed by atoms with Gasteiger partial charge in [-0.1, -0.05) is 36.0 Å². The molecule has 2 heterocycles. The predicted molar refractivity (Wildman–Crippen MR) is 153 cm³/mol. The maximum atomic E-state index is 14.7. The molecular formula is C30H19F4N3O3S2. The number of hydrazone groups is 1. The van der Waals surface area contributed by atoms with Gasteiger partial charge in [-0.15, -0.1) is 11.3 Å². The number of ether oxygens (including phenoxy) is 2. The average molecular weight is 610 g/mol. The van der Waals surface area contributed by atoms with Crippen molar-refractivity contribution in [2.24, 2.45) is 5.10 Å². The van der Waals surface area contributed by atoms with Crippen LogP contribution in [-0.2, 0) is 6.61 Å². The van der Waals surface area contributed by atoms with E-state index in [0.717, 1.165) is 27.0 Å². The highest BCUT2D eigenvalue weighted by atomic mass is 32.2. The molecule has 1 aromatic heterocycles. The summed E-state index contributed by atoms with van der Waals surface area (Å²) < 4.78 is 69.5. The Morgan fingerprint density at radius 2 is 1.67 bits per heavy atom. The number of rotatable bonds is 7. The summed E-state index contributed by atoms with van der Waals surface area (Å²) >= 11 is 2.55. The van der Waals surface area contributed by atoms with Gasteiger partial charge in [0.15, 0.2) is 11.5 Å². The van der Waals surface area contributed by atoms with Gasteiger partial charge in [0.1, 0.15) is 50.9 Å². The Kier molecular flexibility index (Phi) is 7.56. The minimum absolute atomic E-state index is 0.0744. The Labute approximate surface area is 245 Å². The molecule has 212 valence electrons. The number of aromatic nitrogens is 1. The summed E-state index contributed by atoms with van der Waals surface area (Å²) in [7, 11) is 1.46. The molecule has 12 heteroatoms. The zero-order valence-corrected chi connectivity index (χ0v) is 23.3. The van der Waals surface area contributed by atoms with Crippen LogP contribution in [0.15, 0.2) is 84.0 Å². The number of thiazole rings is 1. The topological polar surface area (TPSA) is 64.0 Å². The third kappa shape index (κ3) is 5.30. The van der Waals surface area contributed by atoms with Crippen molar-refractivity contribution in [2.75, 3.05) is 7.11 Å². The lowest BCUT2D eigenvalue weighted by Crippen LogP contribution is -2.28. The summed E-state index contributed by atoms with van der Waals surface area (Å²) in [5.41, 5.74) is 0.746. The fourth-order valence-electron chi connectivity index (χ4n) is 4.41. The maximum absolute atomic E-state index is 14.7. The number of para-hydroxylation sites is 2. The zero-order valence-electron chi connectivity index (χ0n) is 21.7. The summed E-state index contributed by atoms with van der Waals surface area (Å²) in [5.74, 6) is -4.90. The van der Waals surface area contributed by atoms with Gasteiger partial charge in [-0.25, -0.2) is 27.6 Å². The van der Waals surface area contributed by atoms with E-state index in [4.69, 9.17) is 9.47 Å². The normalized spacial score (nSPS) is 14.7. The molecule has 0 fully saturated rings. The van der Waals surface area contributed by atoms with Crippen LogP contribution in [0, 0.1) is 23.3 Å². The second-order valence-corrected chi connectivity index (χ2v) is 11.2. The van der Waals surface area contributed by atoms with Crippen LogP contribution in [0.1, 0.15) is 31.9 Å². The van der Waals surface area contributed by atoms with E-state index in [1.807, 2.05) is 24.3 Å². The Bertz CT molecular complexity index is 1790. The van der Waals surface area contributed by atoms with Crippen molar-refractivity contribution in [1.82, 2.24) is 9.99 Å². The van der Waals surface area contributed by atoms with Crippen LogP contribution in [0.3, 0.4) is 0 Å². The second-order valence-electron chi connectivity index (χ2n) is 9.02. The number of fused-ring (bicyclic) bond motifs is 1. The lowest BCUT2D eigenvalue weighted by Gasteiger charge is -2.24. The lowest BCUT2D eigenvalue weighted by molar-refractivity contribution is 0.0737. The Hall–Kier alpha value is -4.42. The van der Waals surface area contributed by atoms with E-state index in [9.17, 15) is 22.4 Å². The Balaban J connectivity index is 1.41. The van der Waals surface area contributed by atoms with Crippen molar-refractivity contribution >= 4 is 44.3 Å². The van der Waals surface area contributed by atoms with Gasteiger partial charge in [-0.3, -0.25) is 4.79 Å². The number of amides is 1. The van der Waals surface area contributed by atoms with Crippen LogP contribution < -0.4 is 9.47 Å². The molecule has 5 aromatic rings. The first-order valence-corrected chi connectivity index (χ1v) is 14.2. The fourth-order valence-corrected chi connectivity index (χ4v) is 6.47. The number of carbonyl (C=O) groups excluding carboxylic acids is 1. The molecule has 1 aliphatic heterocycles. The molecule has 0 aliphatic carbocycles. The highest BCUT2D eigenvalue weighted by molar-refractivity contribution is 8.14. The SMILES string of the molecule is COc1cccc(C2SC(c3ccc(F)cc3)=NN2C(=O)c2c(F)cc(F)cc2F)c1OCc1nc2ccccc2s1. The number of nitrogens with zero attached hydrogens (tertiary/aromatic N) is 3. The molecule has 0 radical (unpaired) electrons. The van der Waals surface area contributed by atoms with Gasteiger partial charge >= 0.3 is 0 Å². The Morgan fingerprint density at radius 3 is 2.38 bits per heavy atom. The van der Waals surface area contributed by atoms with Gasteiger partial charge in [0.05, 0.1) is 17.3 Å². The minimum atomic E-state index is -1.37. The van der Waals surface area contributed by atoms with E-state index >= 15 is 0 Å². The molecule has 4 aromatic carbocycles. The standard InChI is InChI=1S/C30H19F4N3O3S2/c1-39-23-7-4-5-19(27(23)40-15-25-35-22-6-2-3-8-24(22)41-25)30-37(29(38)26-20(33)13-18(32)14-21(26)34)36-28(42-30)16-9-11-17(31)12-10-16/h2-14,30H,15H2,1H3. The quantitative estimate of drug-likeness (QED) is 0.177. The van der Waals surface area contributed by atoms with E-state index in [2.05, 4.69) is 10.1 Å². The molecule has 1 aliphatic rings. The number of hydrogen-bond acceptors (Lipinski definition) is 7. The maximum Gasteiger partial charge on any atom is 0.281 e. The first-order chi connectivity index (χ1) is 20.3. The summed E-state index contributed by atoms with van der Waals surface area (Å²) in [6.45, 7) is 0.0744. The molecule has 0 saturated carbocycles. The largest absolute Gasteiger partial charge is 0.493 e. The fraction of sp³-hybridized carbons (Fsp3) is 0.100. The number of hydrogen-bond donors (Lipinski definition) is 0. The van der Waals surface area contributed by atoms with Crippen LogP contribution in [0.5, 0.6) is 11.5 Å². The van der Waals surface area contributed by atoms with Crippen LogP contribution >= 0.6 is 23.1 Å². The summed E-state index contributed by atoms with van der Waals surface area (Å²) in [6.07, 6.45) is 0. The van der Waals surface area contributed by atoms with Crippen LogP contribution in [0.4, 0.5) is 17.6 Å². The molecule has 1 amide bonds. The van der Waals surface area contributed by atoms with Crippen LogP contribution in [0.25, 0.3) is 10.2 Å². The van der Waals surface area contributed by atoms with Crippen molar-refractivity contribution in [3.05, 3.63) is 124 Å². The zero-order chi connectivity index (χ0) is 29.4. The number of halogens is 4. The van der Waals surface area contributed by atoms with Crippen molar-refractivity contribution in [3.8, 4) is 11.5 Å². The highest BCUT2D eigenvalue weighted by Crippen LogP contribution is 2.48. The van der Waals surface area contributed by atoms with Crippen molar-refractivity contribution in [3.63, 3.8) is 0 Å². The number of benzene rings is 4. The van der Waals surface area contributed by atoms with E-state index in [0.29, 0.717) is 34.0 Å². The van der Waals surface area contributed by atoms with E-state index in [1.54, 1.807) is 18.2 Å².